The minimum atomic E-state index is -3.19. The van der Waals surface area contributed by atoms with E-state index in [2.05, 4.69) is 5.32 Å². The molecule has 1 N–H and O–H groups in total. The highest BCUT2D eigenvalue weighted by molar-refractivity contribution is 7.88. The van der Waals surface area contributed by atoms with E-state index in [1.165, 1.54) is 10.6 Å². The molecule has 0 spiro atoms. The number of aryl methyl sites for hydroxylation is 1. The lowest BCUT2D eigenvalue weighted by atomic mass is 9.92. The smallest absolute Gasteiger partial charge is 0.223 e. The lowest BCUT2D eigenvalue weighted by Crippen LogP contribution is -2.43. The number of carbonyl (C=O) groups is 1. The number of hydrogen-bond acceptors (Lipinski definition) is 3. The van der Waals surface area contributed by atoms with Crippen molar-refractivity contribution in [3.05, 3.63) is 71.3 Å². The standard InChI is InChI=1S/C21H26N2O3S/c1-16-8-6-7-11-19(16)20(17-9-4-3-5-10-17)22-21(24)18-12-14-23(15-13-18)27(2,25)26/h3-11,18,20H,12-15H2,1-2H3,(H,22,24)/t20-/m0/s1. The first-order chi connectivity index (χ1) is 12.9. The fraction of sp³-hybridized carbons (Fsp3) is 0.381. The highest BCUT2D eigenvalue weighted by Gasteiger charge is 2.30. The third-order valence-corrected chi connectivity index (χ3v) is 6.52. The van der Waals surface area contributed by atoms with E-state index in [-0.39, 0.29) is 17.9 Å². The topological polar surface area (TPSA) is 66.5 Å². The average molecular weight is 387 g/mol. The Hall–Kier alpha value is -2.18. The van der Waals surface area contributed by atoms with Gasteiger partial charge in [-0.3, -0.25) is 4.79 Å². The van der Waals surface area contributed by atoms with E-state index < -0.39 is 10.0 Å². The molecule has 1 aliphatic rings. The van der Waals surface area contributed by atoms with Crippen LogP contribution < -0.4 is 5.32 Å². The first-order valence-electron chi connectivity index (χ1n) is 9.22. The largest absolute Gasteiger partial charge is 0.345 e. The maximum absolute atomic E-state index is 12.9. The van der Waals surface area contributed by atoms with Crippen LogP contribution in [0.25, 0.3) is 0 Å². The second-order valence-corrected chi connectivity index (χ2v) is 9.13. The van der Waals surface area contributed by atoms with Crippen LogP contribution in [0, 0.1) is 12.8 Å². The number of rotatable bonds is 5. The summed E-state index contributed by atoms with van der Waals surface area (Å²) >= 11 is 0. The highest BCUT2D eigenvalue weighted by atomic mass is 32.2. The fourth-order valence-corrected chi connectivity index (χ4v) is 4.48. The number of piperidine rings is 1. The lowest BCUT2D eigenvalue weighted by molar-refractivity contribution is -0.126. The Labute approximate surface area is 161 Å². The number of nitrogens with one attached hydrogen (secondary N) is 1. The van der Waals surface area contributed by atoms with Gasteiger partial charge in [-0.15, -0.1) is 0 Å². The van der Waals surface area contributed by atoms with Gasteiger partial charge in [0.25, 0.3) is 0 Å². The Morgan fingerprint density at radius 3 is 2.22 bits per heavy atom. The zero-order valence-electron chi connectivity index (χ0n) is 15.8. The molecule has 5 nitrogen and oxygen atoms in total. The first kappa shape index (κ1) is 19.6. The molecule has 0 aliphatic carbocycles. The van der Waals surface area contributed by atoms with Crippen molar-refractivity contribution < 1.29 is 13.2 Å². The summed E-state index contributed by atoms with van der Waals surface area (Å²) in [7, 11) is -3.19. The monoisotopic (exact) mass is 386 g/mol. The van der Waals surface area contributed by atoms with Crippen molar-refractivity contribution in [1.29, 1.82) is 0 Å². The van der Waals surface area contributed by atoms with Crippen LogP contribution in [-0.2, 0) is 14.8 Å². The lowest BCUT2D eigenvalue weighted by Gasteiger charge is -2.31. The van der Waals surface area contributed by atoms with Crippen molar-refractivity contribution >= 4 is 15.9 Å². The molecule has 1 amide bonds. The normalized spacial score (nSPS) is 17.4. The van der Waals surface area contributed by atoms with Gasteiger partial charge >= 0.3 is 0 Å². The molecule has 0 aromatic heterocycles. The van der Waals surface area contributed by atoms with Crippen LogP contribution in [0.5, 0.6) is 0 Å². The van der Waals surface area contributed by atoms with Gasteiger partial charge in [-0.1, -0.05) is 54.6 Å². The minimum absolute atomic E-state index is 0.0137. The van der Waals surface area contributed by atoms with Gasteiger partial charge in [0, 0.05) is 19.0 Å². The third kappa shape index (κ3) is 4.76. The molecule has 1 saturated heterocycles. The highest BCUT2D eigenvalue weighted by Crippen LogP contribution is 2.27. The molecular weight excluding hydrogens is 360 g/mol. The van der Waals surface area contributed by atoms with E-state index >= 15 is 0 Å². The predicted molar refractivity (Wildman–Crippen MR) is 107 cm³/mol. The molecule has 0 bridgehead atoms. The molecule has 0 saturated carbocycles. The van der Waals surface area contributed by atoms with Crippen LogP contribution in [0.3, 0.4) is 0 Å². The molecule has 1 aliphatic heterocycles. The number of hydrogen-bond donors (Lipinski definition) is 1. The van der Waals surface area contributed by atoms with Gasteiger partial charge in [0.1, 0.15) is 0 Å². The van der Waals surface area contributed by atoms with E-state index in [0.717, 1.165) is 16.7 Å². The van der Waals surface area contributed by atoms with Crippen LogP contribution in [-0.4, -0.2) is 38.0 Å². The Balaban J connectivity index is 1.77. The van der Waals surface area contributed by atoms with Crippen LogP contribution in [0.1, 0.15) is 35.6 Å². The zero-order valence-corrected chi connectivity index (χ0v) is 16.6. The average Bonchev–Trinajstić information content (AvgIpc) is 2.67. The van der Waals surface area contributed by atoms with Gasteiger partial charge in [0.15, 0.2) is 0 Å². The molecule has 0 unspecified atom stereocenters. The molecule has 0 radical (unpaired) electrons. The third-order valence-electron chi connectivity index (χ3n) is 5.21. The summed E-state index contributed by atoms with van der Waals surface area (Å²) in [5.74, 6) is -0.182. The van der Waals surface area contributed by atoms with Gasteiger partial charge < -0.3 is 5.32 Å². The summed E-state index contributed by atoms with van der Waals surface area (Å²) in [4.78, 5) is 12.9. The van der Waals surface area contributed by atoms with Gasteiger partial charge in [0.05, 0.1) is 12.3 Å². The summed E-state index contributed by atoms with van der Waals surface area (Å²) in [6, 6.07) is 17.8. The first-order valence-corrected chi connectivity index (χ1v) is 11.1. The second-order valence-electron chi connectivity index (χ2n) is 7.15. The Kier molecular flexibility index (Phi) is 5.97. The van der Waals surface area contributed by atoms with Crippen LogP contribution in [0.15, 0.2) is 54.6 Å². The maximum atomic E-state index is 12.9. The van der Waals surface area contributed by atoms with Crippen LogP contribution in [0.4, 0.5) is 0 Å². The minimum Gasteiger partial charge on any atom is -0.345 e. The van der Waals surface area contributed by atoms with Gasteiger partial charge in [-0.25, -0.2) is 12.7 Å². The molecule has 1 atom stereocenters. The quantitative estimate of drug-likeness (QED) is 0.859. The summed E-state index contributed by atoms with van der Waals surface area (Å²) in [5, 5.41) is 3.21. The number of sulfonamides is 1. The number of carbonyl (C=O) groups excluding carboxylic acids is 1. The number of benzene rings is 2. The molecule has 2 aromatic carbocycles. The summed E-state index contributed by atoms with van der Waals surface area (Å²) in [5.41, 5.74) is 3.23. The van der Waals surface area contributed by atoms with Crippen LogP contribution >= 0.6 is 0 Å². The summed E-state index contributed by atoms with van der Waals surface area (Å²) in [6.07, 6.45) is 2.32. The SMILES string of the molecule is Cc1ccccc1[C@@H](NC(=O)C1CCN(S(C)(=O)=O)CC1)c1ccccc1. The van der Waals surface area contributed by atoms with Crippen molar-refractivity contribution in [1.82, 2.24) is 9.62 Å². The van der Waals surface area contributed by atoms with Crippen molar-refractivity contribution in [3.63, 3.8) is 0 Å². The predicted octanol–water partition coefficient (Wildman–Crippen LogP) is 2.87. The molecule has 3 rings (SSSR count). The summed E-state index contributed by atoms with van der Waals surface area (Å²) in [6.45, 7) is 2.84. The van der Waals surface area contributed by atoms with Gasteiger partial charge in [-0.05, 0) is 36.5 Å². The fourth-order valence-electron chi connectivity index (χ4n) is 3.61. The van der Waals surface area contributed by atoms with Crippen LogP contribution in [0.2, 0.25) is 0 Å². The number of amides is 1. The second kappa shape index (κ2) is 8.23. The van der Waals surface area contributed by atoms with Gasteiger partial charge in [-0.2, -0.15) is 0 Å². The van der Waals surface area contributed by atoms with Crippen molar-refractivity contribution in [2.24, 2.45) is 5.92 Å². The Bertz CT molecular complexity index is 889. The van der Waals surface area contributed by atoms with Crippen molar-refractivity contribution in [2.75, 3.05) is 19.3 Å². The Morgan fingerprint density at radius 1 is 1.04 bits per heavy atom. The van der Waals surface area contributed by atoms with E-state index in [9.17, 15) is 13.2 Å². The molecule has 1 heterocycles. The Morgan fingerprint density at radius 2 is 1.63 bits per heavy atom. The van der Waals surface area contributed by atoms with E-state index in [0.29, 0.717) is 25.9 Å². The van der Waals surface area contributed by atoms with E-state index in [4.69, 9.17) is 0 Å². The molecule has 1 fully saturated rings. The van der Waals surface area contributed by atoms with E-state index in [1.807, 2.05) is 61.5 Å². The molecule has 27 heavy (non-hydrogen) atoms. The van der Waals surface area contributed by atoms with Crippen molar-refractivity contribution in [2.45, 2.75) is 25.8 Å². The van der Waals surface area contributed by atoms with E-state index in [1.54, 1.807) is 0 Å². The molecule has 144 valence electrons. The summed E-state index contributed by atoms with van der Waals surface area (Å²) < 4.78 is 24.8. The zero-order chi connectivity index (χ0) is 19.4. The maximum Gasteiger partial charge on any atom is 0.223 e. The molecule has 6 heteroatoms. The number of nitrogens with zero attached hydrogens (tertiary/aromatic N) is 1. The molecule has 2 aromatic rings. The molecular formula is C21H26N2O3S. The van der Waals surface area contributed by atoms with Gasteiger partial charge in [0.2, 0.25) is 15.9 Å². The van der Waals surface area contributed by atoms with Crippen molar-refractivity contribution in [3.8, 4) is 0 Å².